The van der Waals surface area contributed by atoms with Gasteiger partial charge in [-0.3, -0.25) is 0 Å². The second-order valence-electron chi connectivity index (χ2n) is 4.51. The van der Waals surface area contributed by atoms with E-state index in [0.29, 0.717) is 30.0 Å². The van der Waals surface area contributed by atoms with Gasteiger partial charge in [-0.25, -0.2) is 13.8 Å². The highest BCUT2D eigenvalue weighted by Gasteiger charge is 2.18. The van der Waals surface area contributed by atoms with Gasteiger partial charge in [-0.05, 0) is 32.4 Å². The number of aryl methyl sites for hydroxylation is 1. The Kier molecular flexibility index (Phi) is 4.27. The van der Waals surface area contributed by atoms with Crippen molar-refractivity contribution in [3.63, 3.8) is 0 Å². The normalized spacial score (nSPS) is 10.8. The Morgan fingerprint density at radius 1 is 1.30 bits per heavy atom. The van der Waals surface area contributed by atoms with Crippen LogP contribution in [0.15, 0.2) is 18.2 Å². The van der Waals surface area contributed by atoms with Crippen LogP contribution in [0.3, 0.4) is 0 Å². The summed E-state index contributed by atoms with van der Waals surface area (Å²) in [5.74, 6) is -0.0379. The lowest BCUT2D eigenvalue weighted by molar-refractivity contribution is 0.148. The zero-order valence-electron chi connectivity index (χ0n) is 11.9. The second-order valence-corrected chi connectivity index (χ2v) is 4.51. The number of hydrogen-bond donors (Lipinski definition) is 0. The van der Waals surface area contributed by atoms with Crippen molar-refractivity contribution in [3.05, 3.63) is 29.7 Å². The molecule has 1 aromatic heterocycles. The summed E-state index contributed by atoms with van der Waals surface area (Å²) in [5, 5.41) is 0.624. The highest BCUT2D eigenvalue weighted by molar-refractivity contribution is 5.92. The lowest BCUT2D eigenvalue weighted by Crippen LogP contribution is -2.15. The van der Waals surface area contributed by atoms with Gasteiger partial charge in [-0.1, -0.05) is 6.92 Å². The third-order valence-electron chi connectivity index (χ3n) is 2.93. The van der Waals surface area contributed by atoms with E-state index in [0.717, 1.165) is 6.42 Å². The number of ether oxygens (including phenoxy) is 2. The minimum atomic E-state index is -0.553. The number of halogens is 1. The Morgan fingerprint density at radius 2 is 2.05 bits per heavy atom. The maximum atomic E-state index is 14.2. The van der Waals surface area contributed by atoms with E-state index in [-0.39, 0.29) is 5.52 Å². The van der Waals surface area contributed by atoms with Crippen LogP contribution in [0.5, 0.6) is 5.75 Å². The average molecular weight is 279 g/mol. The molecule has 0 unspecified atom stereocenters. The minimum absolute atomic E-state index is 0.229. The van der Waals surface area contributed by atoms with Gasteiger partial charge >= 0.3 is 6.09 Å². The summed E-state index contributed by atoms with van der Waals surface area (Å²) in [4.78, 5) is 12.0. The van der Waals surface area contributed by atoms with Gasteiger partial charge in [0.15, 0.2) is 5.82 Å². The molecule has 0 saturated carbocycles. The molecule has 0 amide bonds. The number of fused-ring (bicyclic) bond motifs is 1. The largest absolute Gasteiger partial charge is 0.494 e. The topological polar surface area (TPSA) is 40.5 Å². The van der Waals surface area contributed by atoms with Gasteiger partial charge in [0.05, 0.1) is 18.7 Å². The number of nitrogens with zero attached hydrogens (tertiary/aromatic N) is 1. The van der Waals surface area contributed by atoms with E-state index in [2.05, 4.69) is 0 Å². The van der Waals surface area contributed by atoms with Crippen molar-refractivity contribution < 1.29 is 18.7 Å². The molecule has 2 rings (SSSR count). The lowest BCUT2D eigenvalue weighted by Gasteiger charge is -2.09. The van der Waals surface area contributed by atoms with Crippen molar-refractivity contribution in [2.75, 3.05) is 13.2 Å². The van der Waals surface area contributed by atoms with E-state index in [1.165, 1.54) is 10.6 Å². The van der Waals surface area contributed by atoms with Crippen LogP contribution in [-0.4, -0.2) is 23.9 Å². The maximum Gasteiger partial charge on any atom is 0.418 e. The summed E-state index contributed by atoms with van der Waals surface area (Å²) in [6, 6.07) is 4.75. The zero-order valence-corrected chi connectivity index (χ0v) is 11.9. The molecule has 0 aliphatic carbocycles. The first-order valence-corrected chi connectivity index (χ1v) is 6.70. The van der Waals surface area contributed by atoms with Crippen molar-refractivity contribution in [3.8, 4) is 5.75 Å². The Balaban J connectivity index is 2.50. The molecule has 1 aromatic carbocycles. The zero-order chi connectivity index (χ0) is 14.7. The summed E-state index contributed by atoms with van der Waals surface area (Å²) >= 11 is 0. The first-order valence-electron chi connectivity index (χ1n) is 6.70. The van der Waals surface area contributed by atoms with Crippen LogP contribution >= 0.6 is 0 Å². The van der Waals surface area contributed by atoms with E-state index in [1.54, 1.807) is 19.1 Å². The van der Waals surface area contributed by atoms with Crippen LogP contribution in [0.25, 0.3) is 10.9 Å². The number of hydrogen-bond acceptors (Lipinski definition) is 3. The van der Waals surface area contributed by atoms with Crippen molar-refractivity contribution in [1.82, 2.24) is 4.57 Å². The summed E-state index contributed by atoms with van der Waals surface area (Å²) in [7, 11) is 0. The third kappa shape index (κ3) is 2.61. The highest BCUT2D eigenvalue weighted by atomic mass is 19.1. The first-order chi connectivity index (χ1) is 9.58. The van der Waals surface area contributed by atoms with Gasteiger partial charge in [-0.15, -0.1) is 0 Å². The summed E-state index contributed by atoms with van der Waals surface area (Å²) in [5.41, 5.74) is 0.862. The monoisotopic (exact) mass is 279 g/mol. The first kappa shape index (κ1) is 14.4. The van der Waals surface area contributed by atoms with E-state index < -0.39 is 11.9 Å². The quantitative estimate of drug-likeness (QED) is 0.852. The van der Waals surface area contributed by atoms with Crippen molar-refractivity contribution in [1.29, 1.82) is 0 Å². The molecule has 4 nitrogen and oxygen atoms in total. The molecule has 0 atom stereocenters. The summed E-state index contributed by atoms with van der Waals surface area (Å²) < 4.78 is 25.9. The number of carbonyl (C=O) groups excluding carboxylic acids is 1. The highest BCUT2D eigenvalue weighted by Crippen LogP contribution is 2.27. The fourth-order valence-corrected chi connectivity index (χ4v) is 2.15. The minimum Gasteiger partial charge on any atom is -0.494 e. The van der Waals surface area contributed by atoms with Crippen LogP contribution in [0, 0.1) is 12.7 Å². The van der Waals surface area contributed by atoms with Crippen LogP contribution in [0.4, 0.5) is 9.18 Å². The molecular weight excluding hydrogens is 261 g/mol. The predicted molar refractivity (Wildman–Crippen MR) is 74.8 cm³/mol. The smallest absolute Gasteiger partial charge is 0.418 e. The van der Waals surface area contributed by atoms with Gasteiger partial charge in [0.2, 0.25) is 0 Å². The number of rotatable bonds is 4. The standard InChI is InChI=1S/C15H18FNO3/c1-4-6-20-15(18)17-10(3)7-11-8-12(19-5-2)9-13(16)14(11)17/h7-9H,4-6H2,1-3H3. The van der Waals surface area contributed by atoms with E-state index >= 15 is 0 Å². The predicted octanol–water partition coefficient (Wildman–Crippen LogP) is 3.88. The SMILES string of the molecule is CCCOC(=O)n1c(C)cc2cc(OCC)cc(F)c21. The van der Waals surface area contributed by atoms with Crippen LogP contribution in [-0.2, 0) is 4.74 Å². The summed E-state index contributed by atoms with van der Waals surface area (Å²) in [6.45, 7) is 6.26. The molecule has 1 heterocycles. The number of aromatic nitrogens is 1. The molecule has 2 aromatic rings. The Bertz CT molecular complexity index is 634. The van der Waals surface area contributed by atoms with Crippen molar-refractivity contribution >= 4 is 17.0 Å². The van der Waals surface area contributed by atoms with E-state index in [9.17, 15) is 9.18 Å². The van der Waals surface area contributed by atoms with Crippen molar-refractivity contribution in [2.45, 2.75) is 27.2 Å². The Morgan fingerprint density at radius 3 is 2.70 bits per heavy atom. The maximum absolute atomic E-state index is 14.2. The fourth-order valence-electron chi connectivity index (χ4n) is 2.15. The molecule has 20 heavy (non-hydrogen) atoms. The van der Waals surface area contributed by atoms with Gasteiger partial charge in [0.25, 0.3) is 0 Å². The molecule has 0 bridgehead atoms. The molecule has 0 saturated heterocycles. The van der Waals surface area contributed by atoms with Crippen LogP contribution in [0.1, 0.15) is 26.0 Å². The molecule has 0 aliphatic rings. The molecular formula is C15H18FNO3. The lowest BCUT2D eigenvalue weighted by atomic mass is 10.2. The van der Waals surface area contributed by atoms with Crippen LogP contribution < -0.4 is 4.74 Å². The van der Waals surface area contributed by atoms with Crippen LogP contribution in [0.2, 0.25) is 0 Å². The van der Waals surface area contributed by atoms with Gasteiger partial charge in [-0.2, -0.15) is 0 Å². The van der Waals surface area contributed by atoms with E-state index in [1.807, 2.05) is 13.8 Å². The van der Waals surface area contributed by atoms with Gasteiger partial charge in [0, 0.05) is 17.1 Å². The number of benzene rings is 1. The molecule has 0 radical (unpaired) electrons. The molecule has 108 valence electrons. The number of carbonyl (C=O) groups is 1. The van der Waals surface area contributed by atoms with Gasteiger partial charge < -0.3 is 9.47 Å². The molecule has 0 spiro atoms. The van der Waals surface area contributed by atoms with E-state index in [4.69, 9.17) is 9.47 Å². The second kappa shape index (κ2) is 5.94. The van der Waals surface area contributed by atoms with Gasteiger partial charge in [0.1, 0.15) is 5.75 Å². The third-order valence-corrected chi connectivity index (χ3v) is 2.93. The molecule has 0 fully saturated rings. The molecule has 0 aliphatic heterocycles. The molecule has 0 N–H and O–H groups in total. The fraction of sp³-hybridized carbons (Fsp3) is 0.400. The molecule has 5 heteroatoms. The Labute approximate surface area is 117 Å². The van der Waals surface area contributed by atoms with Crippen molar-refractivity contribution in [2.24, 2.45) is 0 Å². The average Bonchev–Trinajstić information content (AvgIpc) is 2.73. The summed E-state index contributed by atoms with van der Waals surface area (Å²) in [6.07, 6.45) is 0.170. The Hall–Kier alpha value is -2.04.